The van der Waals surface area contributed by atoms with Gasteiger partial charge in [-0.15, -0.1) is 0 Å². The summed E-state index contributed by atoms with van der Waals surface area (Å²) in [6.07, 6.45) is 1.55. The Balaban J connectivity index is 2.31. The van der Waals surface area contributed by atoms with E-state index in [1.165, 1.54) is 4.90 Å². The van der Waals surface area contributed by atoms with Gasteiger partial charge in [0.15, 0.2) is 0 Å². The van der Waals surface area contributed by atoms with Crippen LogP contribution in [0.25, 0.3) is 0 Å². The van der Waals surface area contributed by atoms with Gasteiger partial charge in [-0.05, 0) is 19.1 Å². The van der Waals surface area contributed by atoms with Crippen molar-refractivity contribution < 1.29 is 13.2 Å². The molecular formula is C10H11ClN2O3S. The molecular weight excluding hydrogens is 264 g/mol. The number of pyridine rings is 1. The van der Waals surface area contributed by atoms with Gasteiger partial charge in [0.2, 0.25) is 15.0 Å². The second-order valence-corrected chi connectivity index (χ2v) is 6.82. The number of rotatable bonds is 2. The Kier molecular flexibility index (Phi) is 3.09. The molecule has 1 unspecified atom stereocenters. The third kappa shape index (κ3) is 2.42. The average molecular weight is 275 g/mol. The highest BCUT2D eigenvalue weighted by Gasteiger charge is 2.38. The topological polar surface area (TPSA) is 67.3 Å². The SMILES string of the molecule is Cc1ncccc1N1CC(S(=O)(=O)Cl)CC1=O. The Morgan fingerprint density at radius 2 is 2.24 bits per heavy atom. The van der Waals surface area contributed by atoms with Crippen molar-refractivity contribution in [2.75, 3.05) is 11.4 Å². The van der Waals surface area contributed by atoms with Gasteiger partial charge in [-0.25, -0.2) is 8.42 Å². The first-order valence-corrected chi connectivity index (χ1v) is 7.42. The Morgan fingerprint density at radius 3 is 2.76 bits per heavy atom. The molecule has 0 saturated carbocycles. The molecule has 0 bridgehead atoms. The van der Waals surface area contributed by atoms with Gasteiger partial charge in [-0.1, -0.05) is 0 Å². The largest absolute Gasteiger partial charge is 0.309 e. The van der Waals surface area contributed by atoms with E-state index in [1.54, 1.807) is 25.3 Å². The van der Waals surface area contributed by atoms with Crippen LogP contribution >= 0.6 is 10.7 Å². The monoisotopic (exact) mass is 274 g/mol. The molecule has 1 atom stereocenters. The number of amides is 1. The van der Waals surface area contributed by atoms with E-state index in [0.717, 1.165) is 0 Å². The number of anilines is 1. The highest BCUT2D eigenvalue weighted by atomic mass is 35.7. The first kappa shape index (κ1) is 12.3. The van der Waals surface area contributed by atoms with Crippen LogP contribution in [0.2, 0.25) is 0 Å². The van der Waals surface area contributed by atoms with Crippen LogP contribution in [0.15, 0.2) is 18.3 Å². The van der Waals surface area contributed by atoms with E-state index in [1.807, 2.05) is 0 Å². The lowest BCUT2D eigenvalue weighted by Gasteiger charge is -2.17. The van der Waals surface area contributed by atoms with Gasteiger partial charge in [-0.2, -0.15) is 0 Å². The van der Waals surface area contributed by atoms with Crippen molar-refractivity contribution in [3.8, 4) is 0 Å². The fourth-order valence-electron chi connectivity index (χ4n) is 1.86. The molecule has 0 aromatic carbocycles. The summed E-state index contributed by atoms with van der Waals surface area (Å²) >= 11 is 0. The lowest BCUT2D eigenvalue weighted by atomic mass is 10.3. The van der Waals surface area contributed by atoms with Crippen LogP contribution in [-0.2, 0) is 13.8 Å². The Labute approximate surface area is 104 Å². The minimum absolute atomic E-state index is 0.0693. The number of carbonyl (C=O) groups is 1. The lowest BCUT2D eigenvalue weighted by molar-refractivity contribution is -0.117. The minimum Gasteiger partial charge on any atom is -0.309 e. The molecule has 1 aliphatic heterocycles. The van der Waals surface area contributed by atoms with Crippen molar-refractivity contribution >= 4 is 31.3 Å². The van der Waals surface area contributed by atoms with Crippen molar-refractivity contribution in [1.29, 1.82) is 0 Å². The summed E-state index contributed by atoms with van der Waals surface area (Å²) in [6.45, 7) is 1.86. The first-order chi connectivity index (χ1) is 7.89. The number of aryl methyl sites for hydroxylation is 1. The molecule has 5 nitrogen and oxygen atoms in total. The molecule has 1 aromatic heterocycles. The molecule has 1 saturated heterocycles. The molecule has 1 aromatic rings. The van der Waals surface area contributed by atoms with E-state index in [9.17, 15) is 13.2 Å². The third-order valence-corrected chi connectivity index (χ3v) is 4.63. The molecule has 17 heavy (non-hydrogen) atoms. The van der Waals surface area contributed by atoms with E-state index in [-0.39, 0.29) is 18.9 Å². The molecule has 0 N–H and O–H groups in total. The first-order valence-electron chi connectivity index (χ1n) is 5.05. The zero-order valence-electron chi connectivity index (χ0n) is 9.13. The van der Waals surface area contributed by atoms with Crippen LogP contribution in [0.3, 0.4) is 0 Å². The summed E-state index contributed by atoms with van der Waals surface area (Å²) < 4.78 is 22.4. The van der Waals surface area contributed by atoms with E-state index >= 15 is 0 Å². The van der Waals surface area contributed by atoms with Gasteiger partial charge >= 0.3 is 0 Å². The van der Waals surface area contributed by atoms with Crippen molar-refractivity contribution in [3.05, 3.63) is 24.0 Å². The maximum absolute atomic E-state index is 11.8. The zero-order chi connectivity index (χ0) is 12.6. The number of halogens is 1. The van der Waals surface area contributed by atoms with Gasteiger partial charge < -0.3 is 4.90 Å². The summed E-state index contributed by atoms with van der Waals surface area (Å²) in [7, 11) is 1.58. The van der Waals surface area contributed by atoms with Crippen molar-refractivity contribution in [1.82, 2.24) is 4.98 Å². The summed E-state index contributed by atoms with van der Waals surface area (Å²) in [4.78, 5) is 17.3. The van der Waals surface area contributed by atoms with Gasteiger partial charge in [0.25, 0.3) is 0 Å². The van der Waals surface area contributed by atoms with Gasteiger partial charge in [0.1, 0.15) is 5.25 Å². The molecule has 1 amide bonds. The summed E-state index contributed by atoms with van der Waals surface area (Å²) in [5.74, 6) is -0.240. The van der Waals surface area contributed by atoms with Gasteiger partial charge in [0, 0.05) is 29.8 Å². The van der Waals surface area contributed by atoms with Crippen LogP contribution in [0.1, 0.15) is 12.1 Å². The Morgan fingerprint density at radius 1 is 1.53 bits per heavy atom. The summed E-state index contributed by atoms with van der Waals surface area (Å²) in [5.41, 5.74) is 1.33. The zero-order valence-corrected chi connectivity index (χ0v) is 10.7. The number of hydrogen-bond donors (Lipinski definition) is 0. The number of carbonyl (C=O) groups excluding carboxylic acids is 1. The highest BCUT2D eigenvalue weighted by molar-refractivity contribution is 8.14. The summed E-state index contributed by atoms with van der Waals surface area (Å²) in [6, 6.07) is 3.45. The van der Waals surface area contributed by atoms with Crippen LogP contribution in [0.4, 0.5) is 5.69 Å². The number of aromatic nitrogens is 1. The predicted octanol–water partition coefficient (Wildman–Crippen LogP) is 1.06. The second-order valence-electron chi connectivity index (χ2n) is 3.91. The maximum atomic E-state index is 11.8. The van der Waals surface area contributed by atoms with Gasteiger partial charge in [0.05, 0.1) is 11.4 Å². The smallest absolute Gasteiger partial charge is 0.237 e. The maximum Gasteiger partial charge on any atom is 0.237 e. The Hall–Kier alpha value is -1.14. The molecule has 92 valence electrons. The van der Waals surface area contributed by atoms with Crippen molar-refractivity contribution in [3.63, 3.8) is 0 Å². The quantitative estimate of drug-likeness (QED) is 0.757. The van der Waals surface area contributed by atoms with Crippen molar-refractivity contribution in [2.24, 2.45) is 0 Å². The minimum atomic E-state index is -3.70. The highest BCUT2D eigenvalue weighted by Crippen LogP contribution is 2.27. The Bertz CT molecular complexity index is 558. The van der Waals surface area contributed by atoms with Crippen LogP contribution < -0.4 is 4.90 Å². The molecule has 0 radical (unpaired) electrons. The molecule has 2 rings (SSSR count). The number of hydrogen-bond acceptors (Lipinski definition) is 4. The van der Waals surface area contributed by atoms with Crippen LogP contribution in [0, 0.1) is 6.92 Å². The van der Waals surface area contributed by atoms with Crippen molar-refractivity contribution in [2.45, 2.75) is 18.6 Å². The summed E-state index contributed by atoms with van der Waals surface area (Å²) in [5, 5.41) is -0.837. The fourth-order valence-corrected chi connectivity index (χ4v) is 2.88. The molecule has 1 fully saturated rings. The lowest BCUT2D eigenvalue weighted by Crippen LogP contribution is -2.27. The van der Waals surface area contributed by atoms with Crippen LogP contribution in [-0.4, -0.2) is 31.1 Å². The molecule has 7 heteroatoms. The average Bonchev–Trinajstić information content (AvgIpc) is 2.61. The predicted molar refractivity (Wildman–Crippen MR) is 64.5 cm³/mol. The fraction of sp³-hybridized carbons (Fsp3) is 0.400. The standard InChI is InChI=1S/C10H11ClN2O3S/c1-7-9(3-2-4-12-7)13-6-8(5-10(13)14)17(11,15)16/h2-4,8H,5-6H2,1H3. The number of nitrogens with zero attached hydrogens (tertiary/aromatic N) is 2. The van der Waals surface area contributed by atoms with E-state index < -0.39 is 14.3 Å². The second kappa shape index (κ2) is 4.27. The van der Waals surface area contributed by atoms with E-state index in [0.29, 0.717) is 11.4 Å². The third-order valence-electron chi connectivity index (χ3n) is 2.76. The normalized spacial score (nSPS) is 20.9. The molecule has 1 aliphatic rings. The van der Waals surface area contributed by atoms with E-state index in [4.69, 9.17) is 10.7 Å². The van der Waals surface area contributed by atoms with E-state index in [2.05, 4.69) is 4.98 Å². The molecule has 0 aliphatic carbocycles. The van der Waals surface area contributed by atoms with Crippen LogP contribution in [0.5, 0.6) is 0 Å². The molecule has 0 spiro atoms. The van der Waals surface area contributed by atoms with Gasteiger partial charge in [-0.3, -0.25) is 9.78 Å². The molecule has 2 heterocycles.